The van der Waals surface area contributed by atoms with Gasteiger partial charge in [0, 0.05) is 10.7 Å². The molecule has 0 aliphatic heterocycles. The Kier molecular flexibility index (Phi) is 3.98. The predicted octanol–water partition coefficient (Wildman–Crippen LogP) is 4.62. The molecule has 1 aromatic heterocycles. The number of rotatable bonds is 4. The lowest BCUT2D eigenvalue weighted by Crippen LogP contribution is -2.52. The van der Waals surface area contributed by atoms with Crippen LogP contribution < -0.4 is 5.32 Å². The molecule has 28 heavy (non-hydrogen) atoms. The van der Waals surface area contributed by atoms with E-state index in [1.165, 1.54) is 25.5 Å². The first kappa shape index (κ1) is 17.7. The molecule has 7 nitrogen and oxygen atoms in total. The second-order valence-corrected chi connectivity index (χ2v) is 9.10. The molecule has 2 aromatic rings. The number of nitrogens with zero attached hydrogens (tertiary/aromatic N) is 3. The van der Waals surface area contributed by atoms with Gasteiger partial charge in [-0.2, -0.15) is 5.10 Å². The molecule has 4 bridgehead atoms. The SMILES string of the molecule is O=C(Nc1ccc(Cl)cc1)c1nn(C23CC4CC(CC(C4)C2)C3)cc1[N+](=O)[O-]. The Morgan fingerprint density at radius 1 is 1.14 bits per heavy atom. The average molecular weight is 401 g/mol. The Labute approximate surface area is 167 Å². The lowest BCUT2D eigenvalue weighted by Gasteiger charge is -2.56. The number of anilines is 1. The van der Waals surface area contributed by atoms with Crippen LogP contribution in [-0.4, -0.2) is 20.6 Å². The first-order chi connectivity index (χ1) is 13.4. The fraction of sp³-hybridized carbons (Fsp3) is 0.500. The van der Waals surface area contributed by atoms with Crippen molar-refractivity contribution in [3.63, 3.8) is 0 Å². The zero-order chi connectivity index (χ0) is 19.5. The van der Waals surface area contributed by atoms with Gasteiger partial charge in [0.2, 0.25) is 5.69 Å². The molecule has 8 heteroatoms. The van der Waals surface area contributed by atoms with Gasteiger partial charge in [0.25, 0.3) is 5.91 Å². The highest BCUT2D eigenvalue weighted by Crippen LogP contribution is 2.58. The van der Waals surface area contributed by atoms with Gasteiger partial charge in [0.1, 0.15) is 6.20 Å². The number of hydrogen-bond donors (Lipinski definition) is 1. The van der Waals surface area contributed by atoms with Gasteiger partial charge in [0.15, 0.2) is 0 Å². The molecule has 1 N–H and O–H groups in total. The smallest absolute Gasteiger partial charge is 0.320 e. The third-order valence-electron chi connectivity index (χ3n) is 6.70. The van der Waals surface area contributed by atoms with Crippen molar-refractivity contribution in [3.8, 4) is 0 Å². The Morgan fingerprint density at radius 2 is 1.71 bits per heavy atom. The summed E-state index contributed by atoms with van der Waals surface area (Å²) in [5.41, 5.74) is -0.0100. The Bertz CT molecular complexity index is 918. The third kappa shape index (κ3) is 2.89. The second-order valence-electron chi connectivity index (χ2n) is 8.67. The van der Waals surface area contributed by atoms with E-state index in [0.717, 1.165) is 19.3 Å². The number of aromatic nitrogens is 2. The van der Waals surface area contributed by atoms with Gasteiger partial charge in [-0.25, -0.2) is 0 Å². The minimum absolute atomic E-state index is 0.129. The van der Waals surface area contributed by atoms with Crippen molar-refractivity contribution >= 4 is 28.9 Å². The zero-order valence-corrected chi connectivity index (χ0v) is 16.1. The minimum atomic E-state index is -0.572. The number of nitro groups is 1. The van der Waals surface area contributed by atoms with Crippen LogP contribution in [0.4, 0.5) is 11.4 Å². The van der Waals surface area contributed by atoms with Gasteiger partial charge in [-0.05, 0) is 80.5 Å². The van der Waals surface area contributed by atoms with Crippen LogP contribution in [0.5, 0.6) is 0 Å². The van der Waals surface area contributed by atoms with E-state index >= 15 is 0 Å². The quantitative estimate of drug-likeness (QED) is 0.598. The van der Waals surface area contributed by atoms with Gasteiger partial charge in [-0.15, -0.1) is 0 Å². The standard InChI is InChI=1S/C20H21ClN4O3/c21-15-1-3-16(4-2-15)22-19(26)18-17(25(27)28)11-24(23-18)20-8-12-5-13(9-20)7-14(6-12)10-20/h1-4,11-14H,5-10H2,(H,22,26). The summed E-state index contributed by atoms with van der Waals surface area (Å²) in [6, 6.07) is 6.61. The molecular formula is C20H21ClN4O3. The Balaban J connectivity index is 1.47. The largest absolute Gasteiger partial charge is 0.320 e. The number of benzene rings is 1. The molecule has 1 amide bonds. The number of amides is 1. The molecule has 1 heterocycles. The van der Waals surface area contributed by atoms with Crippen molar-refractivity contribution in [2.45, 2.75) is 44.1 Å². The fourth-order valence-electron chi connectivity index (χ4n) is 5.97. The lowest BCUT2D eigenvalue weighted by molar-refractivity contribution is -0.385. The molecule has 0 radical (unpaired) electrons. The van der Waals surface area contributed by atoms with Gasteiger partial charge in [0.05, 0.1) is 10.5 Å². The Hall–Kier alpha value is -2.41. The molecule has 4 aliphatic carbocycles. The summed E-state index contributed by atoms with van der Waals surface area (Å²) in [6.07, 6.45) is 8.32. The molecule has 4 saturated carbocycles. The third-order valence-corrected chi connectivity index (χ3v) is 6.95. The monoisotopic (exact) mass is 400 g/mol. The maximum absolute atomic E-state index is 12.7. The van der Waals surface area contributed by atoms with Crippen LogP contribution >= 0.6 is 11.6 Å². The fourth-order valence-corrected chi connectivity index (χ4v) is 6.10. The molecule has 0 atom stereocenters. The molecule has 6 rings (SSSR count). The van der Waals surface area contributed by atoms with E-state index in [9.17, 15) is 14.9 Å². The summed E-state index contributed by atoms with van der Waals surface area (Å²) in [5, 5.41) is 19.3. The van der Waals surface area contributed by atoms with Crippen LogP contribution in [-0.2, 0) is 5.54 Å². The average Bonchev–Trinajstić information content (AvgIpc) is 3.09. The van der Waals surface area contributed by atoms with E-state index in [2.05, 4.69) is 10.4 Å². The van der Waals surface area contributed by atoms with Crippen LogP contribution in [0.1, 0.15) is 49.0 Å². The molecule has 0 unspecified atom stereocenters. The molecule has 4 aliphatic rings. The van der Waals surface area contributed by atoms with Crippen LogP contribution in [0, 0.1) is 27.9 Å². The maximum Gasteiger partial charge on any atom is 0.320 e. The summed E-state index contributed by atoms with van der Waals surface area (Å²) in [6.45, 7) is 0. The van der Waals surface area contributed by atoms with E-state index in [-0.39, 0.29) is 16.9 Å². The van der Waals surface area contributed by atoms with E-state index in [1.807, 2.05) is 0 Å². The summed E-state index contributed by atoms with van der Waals surface area (Å²) >= 11 is 5.87. The van der Waals surface area contributed by atoms with Gasteiger partial charge >= 0.3 is 5.69 Å². The Morgan fingerprint density at radius 3 is 2.25 bits per heavy atom. The molecule has 0 saturated heterocycles. The molecule has 1 aromatic carbocycles. The summed E-state index contributed by atoms with van der Waals surface area (Å²) in [4.78, 5) is 23.8. The lowest BCUT2D eigenvalue weighted by atomic mass is 9.53. The normalized spacial score (nSPS) is 30.4. The molecule has 0 spiro atoms. The second kappa shape index (κ2) is 6.30. The van der Waals surface area contributed by atoms with Crippen molar-refractivity contribution < 1.29 is 9.72 Å². The zero-order valence-electron chi connectivity index (χ0n) is 15.3. The topological polar surface area (TPSA) is 90.1 Å². The number of carbonyl (C=O) groups is 1. The highest BCUT2D eigenvalue weighted by Gasteiger charge is 2.53. The van der Waals surface area contributed by atoms with Crippen molar-refractivity contribution in [3.05, 3.63) is 51.3 Å². The van der Waals surface area contributed by atoms with Crippen molar-refractivity contribution in [2.24, 2.45) is 17.8 Å². The van der Waals surface area contributed by atoms with Crippen molar-refractivity contribution in [2.75, 3.05) is 5.32 Å². The maximum atomic E-state index is 12.7. The number of halogens is 1. The first-order valence-electron chi connectivity index (χ1n) is 9.73. The van der Waals surface area contributed by atoms with Gasteiger partial charge in [-0.3, -0.25) is 19.6 Å². The van der Waals surface area contributed by atoms with Crippen LogP contribution in [0.25, 0.3) is 0 Å². The van der Waals surface area contributed by atoms with E-state index in [1.54, 1.807) is 28.9 Å². The van der Waals surface area contributed by atoms with E-state index < -0.39 is 10.8 Å². The first-order valence-corrected chi connectivity index (χ1v) is 10.1. The van der Waals surface area contributed by atoms with Gasteiger partial charge < -0.3 is 5.32 Å². The molecular weight excluding hydrogens is 380 g/mol. The van der Waals surface area contributed by atoms with Crippen LogP contribution in [0.15, 0.2) is 30.5 Å². The highest BCUT2D eigenvalue weighted by atomic mass is 35.5. The molecule has 4 fully saturated rings. The van der Waals surface area contributed by atoms with E-state index in [4.69, 9.17) is 11.6 Å². The number of hydrogen-bond acceptors (Lipinski definition) is 4. The van der Waals surface area contributed by atoms with Gasteiger partial charge in [-0.1, -0.05) is 11.6 Å². The van der Waals surface area contributed by atoms with Crippen LogP contribution in [0.3, 0.4) is 0 Å². The van der Waals surface area contributed by atoms with Crippen LogP contribution in [0.2, 0.25) is 5.02 Å². The number of nitrogens with one attached hydrogen (secondary N) is 1. The summed E-state index contributed by atoms with van der Waals surface area (Å²) in [5.74, 6) is 1.47. The minimum Gasteiger partial charge on any atom is -0.320 e. The molecule has 146 valence electrons. The summed E-state index contributed by atoms with van der Waals surface area (Å²) in [7, 11) is 0. The van der Waals surface area contributed by atoms with Crippen molar-refractivity contribution in [1.82, 2.24) is 9.78 Å². The predicted molar refractivity (Wildman–Crippen MR) is 104 cm³/mol. The highest BCUT2D eigenvalue weighted by molar-refractivity contribution is 6.30. The number of carbonyl (C=O) groups excluding carboxylic acids is 1. The van der Waals surface area contributed by atoms with E-state index in [0.29, 0.717) is 28.5 Å². The summed E-state index contributed by atoms with van der Waals surface area (Å²) < 4.78 is 1.76. The van der Waals surface area contributed by atoms with Crippen molar-refractivity contribution in [1.29, 1.82) is 0 Å².